The smallest absolute Gasteiger partial charge is 0.228 e. The number of nitrogens with zero attached hydrogens (tertiary/aromatic N) is 1. The maximum absolute atomic E-state index is 12.1. The normalized spacial score (nSPS) is 12.0. The standard InChI is InChI=1S/C14H18N4O2S/c1-8-9(2)17-18-14(8)16-13(20)7-11(15-10(3)19)12-5-4-6-21-12/h4-6,11H,7H2,1-3H3,(H,15,19)(H2,16,17,18,20). The maximum Gasteiger partial charge on any atom is 0.228 e. The summed E-state index contributed by atoms with van der Waals surface area (Å²) in [6.45, 7) is 5.22. The Bertz CT molecular complexity index is 633. The van der Waals surface area contributed by atoms with Crippen molar-refractivity contribution in [2.45, 2.75) is 33.2 Å². The van der Waals surface area contributed by atoms with Crippen LogP contribution in [0.2, 0.25) is 0 Å². The number of aromatic nitrogens is 2. The van der Waals surface area contributed by atoms with Gasteiger partial charge in [0.2, 0.25) is 11.8 Å². The van der Waals surface area contributed by atoms with E-state index in [-0.39, 0.29) is 24.3 Å². The van der Waals surface area contributed by atoms with Crippen molar-refractivity contribution in [3.05, 3.63) is 33.6 Å². The monoisotopic (exact) mass is 306 g/mol. The molecule has 2 aromatic rings. The molecular weight excluding hydrogens is 288 g/mol. The van der Waals surface area contributed by atoms with Gasteiger partial charge >= 0.3 is 0 Å². The number of carbonyl (C=O) groups excluding carboxylic acids is 2. The Balaban J connectivity index is 2.04. The molecule has 0 saturated heterocycles. The average molecular weight is 306 g/mol. The summed E-state index contributed by atoms with van der Waals surface area (Å²) in [6.07, 6.45) is 0.172. The molecule has 2 amide bonds. The highest BCUT2D eigenvalue weighted by molar-refractivity contribution is 7.10. The molecule has 112 valence electrons. The Kier molecular flexibility index (Phi) is 4.74. The molecule has 0 spiro atoms. The highest BCUT2D eigenvalue weighted by Crippen LogP contribution is 2.23. The van der Waals surface area contributed by atoms with Crippen molar-refractivity contribution >= 4 is 29.0 Å². The van der Waals surface area contributed by atoms with E-state index < -0.39 is 0 Å². The lowest BCUT2D eigenvalue weighted by Crippen LogP contribution is -2.29. The van der Waals surface area contributed by atoms with Crippen molar-refractivity contribution in [3.63, 3.8) is 0 Å². The second kappa shape index (κ2) is 6.53. The first-order chi connectivity index (χ1) is 9.97. The van der Waals surface area contributed by atoms with Crippen molar-refractivity contribution < 1.29 is 9.59 Å². The largest absolute Gasteiger partial charge is 0.348 e. The summed E-state index contributed by atoms with van der Waals surface area (Å²) in [6, 6.07) is 3.49. The average Bonchev–Trinajstić information content (AvgIpc) is 3.03. The number of hydrogen-bond acceptors (Lipinski definition) is 4. The van der Waals surface area contributed by atoms with Crippen LogP contribution in [0.1, 0.15) is 35.5 Å². The van der Waals surface area contributed by atoms with Crippen molar-refractivity contribution in [1.82, 2.24) is 15.5 Å². The first-order valence-corrected chi connectivity index (χ1v) is 7.47. The van der Waals surface area contributed by atoms with Gasteiger partial charge in [0, 0.05) is 23.1 Å². The van der Waals surface area contributed by atoms with Crippen molar-refractivity contribution in [3.8, 4) is 0 Å². The van der Waals surface area contributed by atoms with Gasteiger partial charge in [0.1, 0.15) is 0 Å². The Morgan fingerprint density at radius 2 is 2.19 bits per heavy atom. The number of nitrogens with one attached hydrogen (secondary N) is 3. The molecule has 1 unspecified atom stereocenters. The third kappa shape index (κ3) is 3.91. The molecule has 21 heavy (non-hydrogen) atoms. The van der Waals surface area contributed by atoms with Crippen molar-refractivity contribution in [1.29, 1.82) is 0 Å². The second-order valence-corrected chi connectivity index (χ2v) is 5.82. The zero-order valence-electron chi connectivity index (χ0n) is 12.2. The van der Waals surface area contributed by atoms with E-state index in [1.54, 1.807) is 0 Å². The first-order valence-electron chi connectivity index (χ1n) is 6.59. The Morgan fingerprint density at radius 1 is 1.43 bits per heavy atom. The van der Waals surface area contributed by atoms with Crippen LogP contribution >= 0.6 is 11.3 Å². The van der Waals surface area contributed by atoms with Gasteiger partial charge in [-0.3, -0.25) is 14.7 Å². The Labute approximate surface area is 127 Å². The van der Waals surface area contributed by atoms with Gasteiger partial charge in [-0.05, 0) is 25.3 Å². The van der Waals surface area contributed by atoms with Crippen LogP contribution in [0.25, 0.3) is 0 Å². The molecule has 0 aliphatic rings. The SMILES string of the molecule is CC(=O)NC(CC(=O)Nc1n[nH]c(C)c1C)c1cccs1. The number of anilines is 1. The Hall–Kier alpha value is -2.15. The number of amides is 2. The summed E-state index contributed by atoms with van der Waals surface area (Å²) in [4.78, 5) is 24.4. The topological polar surface area (TPSA) is 86.9 Å². The summed E-state index contributed by atoms with van der Waals surface area (Å²) in [7, 11) is 0. The maximum atomic E-state index is 12.1. The molecule has 0 aromatic carbocycles. The lowest BCUT2D eigenvalue weighted by molar-refractivity contribution is -0.120. The minimum atomic E-state index is -0.317. The van der Waals surface area contributed by atoms with E-state index in [4.69, 9.17) is 0 Å². The molecule has 0 fully saturated rings. The van der Waals surface area contributed by atoms with Crippen LogP contribution in [0.5, 0.6) is 0 Å². The lowest BCUT2D eigenvalue weighted by Gasteiger charge is -2.15. The van der Waals surface area contributed by atoms with Crippen LogP contribution in [-0.4, -0.2) is 22.0 Å². The number of carbonyl (C=O) groups is 2. The molecule has 0 bridgehead atoms. The molecule has 7 heteroatoms. The fraction of sp³-hybridized carbons (Fsp3) is 0.357. The molecule has 6 nitrogen and oxygen atoms in total. The number of aromatic amines is 1. The number of thiophene rings is 1. The Morgan fingerprint density at radius 3 is 2.71 bits per heavy atom. The predicted molar refractivity (Wildman–Crippen MR) is 82.2 cm³/mol. The summed E-state index contributed by atoms with van der Waals surface area (Å²) in [5.41, 5.74) is 1.83. The molecule has 0 aliphatic heterocycles. The van der Waals surface area contributed by atoms with Gasteiger partial charge in [-0.15, -0.1) is 11.3 Å². The van der Waals surface area contributed by atoms with Gasteiger partial charge in [-0.1, -0.05) is 6.07 Å². The van der Waals surface area contributed by atoms with Gasteiger partial charge < -0.3 is 10.6 Å². The minimum absolute atomic E-state index is 0.159. The molecule has 2 heterocycles. The number of rotatable bonds is 5. The predicted octanol–water partition coefficient (Wildman–Crippen LogP) is 2.29. The van der Waals surface area contributed by atoms with Gasteiger partial charge in [0.25, 0.3) is 0 Å². The molecule has 2 rings (SSSR count). The molecule has 0 saturated carbocycles. The molecule has 1 atom stereocenters. The van der Waals surface area contributed by atoms with E-state index in [2.05, 4.69) is 20.8 Å². The van der Waals surface area contributed by atoms with Crippen LogP contribution in [0.4, 0.5) is 5.82 Å². The van der Waals surface area contributed by atoms with Crippen LogP contribution in [0.15, 0.2) is 17.5 Å². The van der Waals surface area contributed by atoms with Gasteiger partial charge in [-0.2, -0.15) is 5.10 Å². The number of hydrogen-bond donors (Lipinski definition) is 3. The molecule has 0 aliphatic carbocycles. The van der Waals surface area contributed by atoms with Gasteiger partial charge in [0.15, 0.2) is 5.82 Å². The number of H-pyrrole nitrogens is 1. The van der Waals surface area contributed by atoms with Crippen molar-refractivity contribution in [2.24, 2.45) is 0 Å². The van der Waals surface area contributed by atoms with E-state index in [0.717, 1.165) is 16.1 Å². The van der Waals surface area contributed by atoms with E-state index in [0.29, 0.717) is 5.82 Å². The zero-order chi connectivity index (χ0) is 15.4. The van der Waals surface area contributed by atoms with Crippen LogP contribution in [0, 0.1) is 13.8 Å². The summed E-state index contributed by atoms with van der Waals surface area (Å²) in [5, 5.41) is 14.4. The van der Waals surface area contributed by atoms with Gasteiger partial charge in [0.05, 0.1) is 12.5 Å². The van der Waals surface area contributed by atoms with E-state index in [1.807, 2.05) is 31.4 Å². The quantitative estimate of drug-likeness (QED) is 0.792. The van der Waals surface area contributed by atoms with E-state index >= 15 is 0 Å². The second-order valence-electron chi connectivity index (χ2n) is 4.84. The van der Waals surface area contributed by atoms with Gasteiger partial charge in [-0.25, -0.2) is 0 Å². The molecule has 2 aromatic heterocycles. The minimum Gasteiger partial charge on any atom is -0.348 e. The third-order valence-corrected chi connectivity index (χ3v) is 4.15. The molecule has 0 radical (unpaired) electrons. The third-order valence-electron chi connectivity index (χ3n) is 3.16. The summed E-state index contributed by atoms with van der Waals surface area (Å²) < 4.78 is 0. The fourth-order valence-electron chi connectivity index (χ4n) is 1.93. The summed E-state index contributed by atoms with van der Waals surface area (Å²) in [5.74, 6) is 0.190. The highest BCUT2D eigenvalue weighted by atomic mass is 32.1. The highest BCUT2D eigenvalue weighted by Gasteiger charge is 2.19. The van der Waals surface area contributed by atoms with E-state index in [1.165, 1.54) is 18.3 Å². The fourth-order valence-corrected chi connectivity index (χ4v) is 2.71. The van der Waals surface area contributed by atoms with Crippen LogP contribution < -0.4 is 10.6 Å². The van der Waals surface area contributed by atoms with Crippen LogP contribution in [0.3, 0.4) is 0 Å². The number of aryl methyl sites for hydroxylation is 1. The first kappa shape index (κ1) is 15.2. The molecule has 3 N–H and O–H groups in total. The molecular formula is C14H18N4O2S. The van der Waals surface area contributed by atoms with E-state index in [9.17, 15) is 9.59 Å². The lowest BCUT2D eigenvalue weighted by atomic mass is 10.1. The van der Waals surface area contributed by atoms with Crippen molar-refractivity contribution in [2.75, 3.05) is 5.32 Å². The van der Waals surface area contributed by atoms with Crippen LogP contribution in [-0.2, 0) is 9.59 Å². The summed E-state index contributed by atoms with van der Waals surface area (Å²) >= 11 is 1.51. The zero-order valence-corrected chi connectivity index (χ0v) is 13.0.